The Morgan fingerprint density at radius 3 is 1.16 bits per heavy atom. The molecule has 0 saturated heterocycles. The topological polar surface area (TPSA) is 90.4 Å². The maximum absolute atomic E-state index is 14.7. The number of halogens is 2. The second-order valence-electron chi connectivity index (χ2n) is 31.2. The first kappa shape index (κ1) is 81.5. The number of Topliss-reactive ketones (excluding diaryl/α,β-unsaturated/α-hetero) is 2. The van der Waals surface area contributed by atoms with E-state index in [1.165, 1.54) is 245 Å². The van der Waals surface area contributed by atoms with Crippen molar-refractivity contribution < 1.29 is 9.59 Å². The van der Waals surface area contributed by atoms with Gasteiger partial charge in [0.05, 0.1) is 92.1 Å². The maximum atomic E-state index is 14.7. The summed E-state index contributed by atoms with van der Waals surface area (Å²) in [5.41, 5.74) is 8.92. The van der Waals surface area contributed by atoms with E-state index in [4.69, 9.17) is 36.3 Å². The Balaban J connectivity index is 0.946. The number of carbonyl (C=O) groups excluding carboxylic acids is 2. The minimum Gasteiger partial charge on any atom is -0.289 e. The molecule has 3 aromatic carbocycles. The Kier molecular flexibility index (Phi) is 26.2. The summed E-state index contributed by atoms with van der Waals surface area (Å²) in [6, 6.07) is 19.9. The smallest absolute Gasteiger partial charge is 0.270 e. The van der Waals surface area contributed by atoms with Crippen molar-refractivity contribution in [2.24, 2.45) is 0 Å². The van der Waals surface area contributed by atoms with Gasteiger partial charge < -0.3 is 0 Å². The average Bonchev–Trinajstić information content (AvgIpc) is 1.51. The van der Waals surface area contributed by atoms with Gasteiger partial charge >= 0.3 is 0 Å². The number of nitriles is 2. The van der Waals surface area contributed by atoms with Gasteiger partial charge in [-0.15, -0.1) is 114 Å². The van der Waals surface area contributed by atoms with Gasteiger partial charge in [0.2, 0.25) is 0 Å². The first-order valence-corrected chi connectivity index (χ1v) is 50.6. The lowest BCUT2D eigenvalue weighted by Crippen LogP contribution is -2.25. The number of nitrogens with zero attached hydrogens (tertiary/aromatic N) is 4. The molecule has 8 aromatic heterocycles. The fourth-order valence-corrected chi connectivity index (χ4v) is 33.8. The summed E-state index contributed by atoms with van der Waals surface area (Å²) in [4.78, 5) is 47.1. The maximum Gasteiger partial charge on any atom is 0.270 e. The Morgan fingerprint density at radius 1 is 0.411 bits per heavy atom. The van der Waals surface area contributed by atoms with Crippen molar-refractivity contribution in [3.05, 3.63) is 158 Å². The third-order valence-corrected chi connectivity index (χ3v) is 37.8. The summed E-state index contributed by atoms with van der Waals surface area (Å²) in [7, 11) is 0. The van der Waals surface area contributed by atoms with Crippen molar-refractivity contribution in [2.75, 3.05) is 11.5 Å². The van der Waals surface area contributed by atoms with Crippen molar-refractivity contribution in [3.8, 4) is 31.6 Å². The molecule has 112 heavy (non-hydrogen) atoms. The van der Waals surface area contributed by atoms with E-state index in [0.29, 0.717) is 44.5 Å². The molecule has 4 aliphatic carbocycles. The SMILES string of the molecule is [C-]#[N+]C(C#N)=C1/C(=C/c2cc3c(s2)-c2sc4c(sc5c4sc4c(SCCCCCCCC)c6c(sc7c8sc9c(c8sc76)C(CCCCCC)(CCCCCC)c6cc(/C=C7\C(=O)c8cc(Cl)c(Cl)cc8\C7=C(\C#N)[N+]#[C-])sc6-9)c(SCCCCCCCC)c45)c2C3(CCCCCC)CCCCCC)C(=O)c2ccccc21. The molecule has 0 unspecified atom stereocenters. The average molecular weight is 1710 g/mol. The molecule has 0 bridgehead atoms. The van der Waals surface area contributed by atoms with Gasteiger partial charge in [0.15, 0.2) is 11.6 Å². The minimum absolute atomic E-state index is 0.0403. The van der Waals surface area contributed by atoms with Crippen molar-refractivity contribution in [3.63, 3.8) is 0 Å². The second kappa shape index (κ2) is 36.1. The number of thiophene rings is 8. The van der Waals surface area contributed by atoms with Crippen LogP contribution in [0.25, 0.3) is 110 Å². The van der Waals surface area contributed by atoms with E-state index in [9.17, 15) is 20.1 Å². The molecule has 0 radical (unpaired) electrons. The standard InChI is InChI=1S/C94H96Cl2N4O2S10/c1-9-15-21-27-29-37-45-103-79-71-81(109-89-83(71)107-87-73-85(111-91(87)89)77-63(93(73,41-33-23-17-11-3)42-34-24-18-12-4)49-55(105-77)47-61-69(67(53-97)99-7)57-39-31-32-40-58(57)75(61)101)80(104-46-38-30-28-22-16-10-2)72-82(79)110-90-84(72)108-88-74-86(112-92(88)90)78-64(94(74,43-35-25-19-13-5)44-36-26-20-14-6)50-56(106-78)48-62-70(68(54-98)100-8)59-51-65(95)66(96)52-60(59)76(62)102/h31-32,39-40,47-52H,9-30,33-38,41-46H2,1-6H3/b61-47-,62-48-,69-67?,70-68+. The number of carbonyl (C=O) groups is 2. The van der Waals surface area contributed by atoms with Crippen LogP contribution < -0.4 is 0 Å². The molecule has 8 heterocycles. The Bertz CT molecular complexity index is 5720. The van der Waals surface area contributed by atoms with Crippen LogP contribution in [0, 0.1) is 35.8 Å². The molecular formula is C94H96Cl2N4O2S10. The summed E-state index contributed by atoms with van der Waals surface area (Å²) in [5.74, 6) is 1.78. The number of fused-ring (bicyclic) bond motifs is 20. The van der Waals surface area contributed by atoms with Gasteiger partial charge in [-0.25, -0.2) is 20.2 Å². The molecule has 18 heteroatoms. The van der Waals surface area contributed by atoms with Crippen LogP contribution in [-0.4, -0.2) is 23.1 Å². The van der Waals surface area contributed by atoms with E-state index in [0.717, 1.165) is 85.5 Å². The van der Waals surface area contributed by atoms with E-state index in [1.54, 1.807) is 29.0 Å². The molecule has 0 amide bonds. The Hall–Kier alpha value is -5.64. The zero-order valence-electron chi connectivity index (χ0n) is 65.3. The lowest BCUT2D eigenvalue weighted by atomic mass is 9.71. The highest BCUT2D eigenvalue weighted by molar-refractivity contribution is 8.00. The molecule has 0 spiro atoms. The summed E-state index contributed by atoms with van der Waals surface area (Å²) >= 11 is 33.6. The van der Waals surface area contributed by atoms with Gasteiger partial charge in [-0.2, -0.15) is 0 Å². The number of allylic oxidation sites excluding steroid dienone is 6. The van der Waals surface area contributed by atoms with Gasteiger partial charge in [0, 0.05) is 95.4 Å². The van der Waals surface area contributed by atoms with Crippen LogP contribution in [0.3, 0.4) is 0 Å². The molecule has 0 N–H and O–H groups in total. The van der Waals surface area contributed by atoms with E-state index < -0.39 is 0 Å². The lowest BCUT2D eigenvalue weighted by molar-refractivity contribution is 0.103. The van der Waals surface area contributed by atoms with Crippen LogP contribution in [0.15, 0.2) is 80.9 Å². The third kappa shape index (κ3) is 14.7. The summed E-state index contributed by atoms with van der Waals surface area (Å²) in [5, 5.41) is 24.4. The van der Waals surface area contributed by atoms with Gasteiger partial charge in [0.1, 0.15) is 0 Å². The zero-order valence-corrected chi connectivity index (χ0v) is 74.9. The number of thioether (sulfide) groups is 2. The van der Waals surface area contributed by atoms with Gasteiger partial charge in [-0.1, -0.05) is 256 Å². The fourth-order valence-electron chi connectivity index (χ4n) is 18.4. The molecule has 11 aromatic rings. The third-order valence-electron chi connectivity index (χ3n) is 23.9. The lowest BCUT2D eigenvalue weighted by Gasteiger charge is -2.32. The van der Waals surface area contributed by atoms with Crippen LogP contribution in [-0.2, 0) is 10.8 Å². The molecule has 4 aliphatic rings. The highest BCUT2D eigenvalue weighted by Gasteiger charge is 2.50. The Labute approximate surface area is 712 Å². The second-order valence-corrected chi connectivity index (χ2v) is 42.5. The van der Waals surface area contributed by atoms with Crippen LogP contribution in [0.2, 0.25) is 10.0 Å². The zero-order chi connectivity index (χ0) is 78.0. The normalized spacial score (nSPS) is 16.1. The van der Waals surface area contributed by atoms with Gasteiger partial charge in [0.25, 0.3) is 11.4 Å². The summed E-state index contributed by atoms with van der Waals surface area (Å²) in [6.07, 6.45) is 42.0. The molecule has 6 nitrogen and oxygen atoms in total. The molecular weight excluding hydrogens is 1610 g/mol. The van der Waals surface area contributed by atoms with Crippen molar-refractivity contribution in [1.82, 2.24) is 0 Å². The van der Waals surface area contributed by atoms with Crippen LogP contribution in [0.4, 0.5) is 0 Å². The van der Waals surface area contributed by atoms with E-state index in [-0.39, 0.29) is 43.8 Å². The number of hydrogen-bond donors (Lipinski definition) is 0. The van der Waals surface area contributed by atoms with Crippen molar-refractivity contribution >= 4 is 230 Å². The first-order valence-electron chi connectivity index (χ1n) is 41.3. The van der Waals surface area contributed by atoms with Crippen molar-refractivity contribution in [2.45, 2.75) is 268 Å². The fraction of sp³-hybridized carbons (Fsp3) is 0.447. The van der Waals surface area contributed by atoms with E-state index >= 15 is 0 Å². The highest BCUT2D eigenvalue weighted by atomic mass is 35.5. The number of rotatable bonds is 38. The highest BCUT2D eigenvalue weighted by Crippen LogP contribution is 2.69. The largest absolute Gasteiger partial charge is 0.289 e. The number of hydrogen-bond acceptors (Lipinski definition) is 14. The molecule has 0 atom stereocenters. The predicted octanol–water partition coefficient (Wildman–Crippen LogP) is 34.6. The number of benzene rings is 3. The molecule has 578 valence electrons. The van der Waals surface area contributed by atoms with E-state index in [1.807, 2.05) is 70.4 Å². The summed E-state index contributed by atoms with van der Waals surface area (Å²) in [6.45, 7) is 30.2. The van der Waals surface area contributed by atoms with Gasteiger partial charge in [-0.3, -0.25) is 9.59 Å². The van der Waals surface area contributed by atoms with Crippen LogP contribution >= 0.6 is 137 Å². The minimum atomic E-state index is -0.248. The quantitative estimate of drug-likeness (QED) is 0.0126. The monoisotopic (exact) mass is 1700 g/mol. The molecule has 0 aliphatic heterocycles. The number of ketones is 2. The molecule has 15 rings (SSSR count). The van der Waals surface area contributed by atoms with Crippen molar-refractivity contribution in [1.29, 1.82) is 10.5 Å². The molecule has 0 saturated carbocycles. The predicted molar refractivity (Wildman–Crippen MR) is 496 cm³/mol. The molecule has 0 fully saturated rings. The summed E-state index contributed by atoms with van der Waals surface area (Å²) < 4.78 is 14.6. The van der Waals surface area contributed by atoms with Gasteiger partial charge in [-0.05, 0) is 109 Å². The Morgan fingerprint density at radius 2 is 0.759 bits per heavy atom. The number of unbranched alkanes of at least 4 members (excludes halogenated alkanes) is 22. The van der Waals surface area contributed by atoms with E-state index in [2.05, 4.69) is 144 Å². The van der Waals surface area contributed by atoms with Crippen LogP contribution in [0.5, 0.6) is 0 Å². The van der Waals surface area contributed by atoms with Crippen LogP contribution in [0.1, 0.15) is 311 Å². The first-order chi connectivity index (χ1) is 54.8.